The summed E-state index contributed by atoms with van der Waals surface area (Å²) in [6.45, 7) is 0.995. The number of carbonyl (C=O) groups excluding carboxylic acids is 1. The molecule has 7 nitrogen and oxygen atoms in total. The molecule has 0 saturated carbocycles. The Morgan fingerprint density at radius 2 is 2.03 bits per heavy atom. The van der Waals surface area contributed by atoms with E-state index >= 15 is 0 Å². The topological polar surface area (TPSA) is 80.5 Å². The van der Waals surface area contributed by atoms with E-state index in [2.05, 4.69) is 15.5 Å². The highest BCUT2D eigenvalue weighted by Crippen LogP contribution is 2.27. The van der Waals surface area contributed by atoms with Crippen molar-refractivity contribution in [3.63, 3.8) is 0 Å². The fourth-order valence-electron chi connectivity index (χ4n) is 3.39. The Hall–Kier alpha value is -3.49. The molecule has 4 rings (SSSR count). The quantitative estimate of drug-likeness (QED) is 0.683. The van der Waals surface area contributed by atoms with Crippen molar-refractivity contribution < 1.29 is 22.8 Å². The monoisotopic (exact) mass is 414 g/mol. The summed E-state index contributed by atoms with van der Waals surface area (Å²) in [5, 5.41) is 6.49. The molecule has 9 heteroatoms. The van der Waals surface area contributed by atoms with Crippen LogP contribution in [0.3, 0.4) is 0 Å². The molecule has 2 aromatic carbocycles. The van der Waals surface area contributed by atoms with E-state index in [0.717, 1.165) is 35.9 Å². The van der Waals surface area contributed by atoms with E-state index in [4.69, 9.17) is 9.26 Å². The number of halogens is 2. The molecule has 0 unspecified atom stereocenters. The largest absolute Gasteiger partial charge is 0.497 e. The molecule has 1 aliphatic heterocycles. The smallest absolute Gasteiger partial charge is 0.324 e. The Balaban J connectivity index is 1.44. The highest BCUT2D eigenvalue weighted by Gasteiger charge is 2.29. The van der Waals surface area contributed by atoms with Gasteiger partial charge in [0.25, 0.3) is 0 Å². The average molecular weight is 414 g/mol. The van der Waals surface area contributed by atoms with E-state index in [1.54, 1.807) is 19.2 Å². The van der Waals surface area contributed by atoms with Crippen LogP contribution in [-0.4, -0.2) is 36.2 Å². The summed E-state index contributed by atoms with van der Waals surface area (Å²) in [6.07, 6.45) is 1.35. The molecule has 1 N–H and O–H groups in total. The van der Waals surface area contributed by atoms with Gasteiger partial charge in [-0.1, -0.05) is 5.16 Å². The summed E-state index contributed by atoms with van der Waals surface area (Å²) >= 11 is 0. The van der Waals surface area contributed by atoms with Crippen LogP contribution in [0.25, 0.3) is 11.4 Å². The van der Waals surface area contributed by atoms with Crippen LogP contribution in [0.2, 0.25) is 0 Å². The van der Waals surface area contributed by atoms with Gasteiger partial charge in [0.2, 0.25) is 11.7 Å². The first kappa shape index (κ1) is 19.8. The number of nitrogens with one attached hydrogen (secondary N) is 1. The molecule has 0 bridgehead atoms. The average Bonchev–Trinajstić information content (AvgIpc) is 3.27. The van der Waals surface area contributed by atoms with Crippen molar-refractivity contribution in [3.05, 3.63) is 54.1 Å². The third-order valence-corrected chi connectivity index (χ3v) is 5.01. The molecule has 0 spiro atoms. The molecule has 156 valence electrons. The fraction of sp³-hybridized carbons (Fsp3) is 0.286. The third kappa shape index (κ3) is 4.24. The van der Waals surface area contributed by atoms with Crippen LogP contribution in [0.5, 0.6) is 5.75 Å². The van der Waals surface area contributed by atoms with Gasteiger partial charge >= 0.3 is 6.01 Å². The van der Waals surface area contributed by atoms with Gasteiger partial charge in [-0.25, -0.2) is 8.78 Å². The maximum Gasteiger partial charge on any atom is 0.324 e. The highest BCUT2D eigenvalue weighted by molar-refractivity contribution is 5.93. The number of ether oxygens (including phenoxy) is 1. The van der Waals surface area contributed by atoms with Gasteiger partial charge < -0.3 is 19.5 Å². The molecule has 0 aliphatic carbocycles. The molecule has 1 atom stereocenters. The molecule has 30 heavy (non-hydrogen) atoms. The summed E-state index contributed by atoms with van der Waals surface area (Å²) in [4.78, 5) is 18.8. The van der Waals surface area contributed by atoms with Gasteiger partial charge in [0.15, 0.2) is 0 Å². The van der Waals surface area contributed by atoms with E-state index in [1.165, 1.54) is 0 Å². The van der Waals surface area contributed by atoms with Crippen molar-refractivity contribution in [2.24, 2.45) is 5.92 Å². The molecular weight excluding hydrogens is 394 g/mol. The van der Waals surface area contributed by atoms with Crippen molar-refractivity contribution >= 4 is 17.6 Å². The summed E-state index contributed by atoms with van der Waals surface area (Å²) in [5.74, 6) is -0.938. The highest BCUT2D eigenvalue weighted by atomic mass is 19.1. The zero-order chi connectivity index (χ0) is 21.1. The van der Waals surface area contributed by atoms with Gasteiger partial charge in [-0.05, 0) is 49.2 Å². The first-order valence-electron chi connectivity index (χ1n) is 9.52. The molecule has 1 aromatic heterocycles. The van der Waals surface area contributed by atoms with Crippen molar-refractivity contribution in [2.45, 2.75) is 12.8 Å². The van der Waals surface area contributed by atoms with Gasteiger partial charge in [0.05, 0.1) is 18.7 Å². The first-order valence-corrected chi connectivity index (χ1v) is 9.52. The maximum absolute atomic E-state index is 13.8. The number of amides is 1. The van der Waals surface area contributed by atoms with Crippen LogP contribution in [-0.2, 0) is 4.79 Å². The standard InChI is InChI=1S/C21H20F2N4O3/c1-29-16-7-4-13(5-8-16)19-25-21(30-26-19)27-10-2-3-14(12-27)20(28)24-18-11-15(22)6-9-17(18)23/h4-9,11,14H,2-3,10,12H2,1H3,(H,24,28)/t14-/m0/s1. The minimum absolute atomic E-state index is 0.170. The van der Waals surface area contributed by atoms with E-state index in [-0.39, 0.29) is 11.6 Å². The molecule has 1 saturated heterocycles. The minimum Gasteiger partial charge on any atom is -0.497 e. The Morgan fingerprint density at radius 3 is 2.80 bits per heavy atom. The Labute approximate surface area is 171 Å². The second-order valence-corrected chi connectivity index (χ2v) is 7.03. The number of hydrogen-bond donors (Lipinski definition) is 1. The number of methoxy groups -OCH3 is 1. The van der Waals surface area contributed by atoms with E-state index in [1.807, 2.05) is 17.0 Å². The molecule has 3 aromatic rings. The number of hydrogen-bond acceptors (Lipinski definition) is 6. The van der Waals surface area contributed by atoms with Gasteiger partial charge in [-0.2, -0.15) is 4.98 Å². The zero-order valence-corrected chi connectivity index (χ0v) is 16.3. The zero-order valence-electron chi connectivity index (χ0n) is 16.3. The molecule has 1 fully saturated rings. The van der Waals surface area contributed by atoms with Crippen LogP contribution in [0, 0.1) is 17.6 Å². The van der Waals surface area contributed by atoms with Gasteiger partial charge in [-0.3, -0.25) is 4.79 Å². The minimum atomic E-state index is -0.682. The Kier molecular flexibility index (Phi) is 5.60. The number of nitrogens with zero attached hydrogens (tertiary/aromatic N) is 3. The number of carbonyl (C=O) groups is 1. The second kappa shape index (κ2) is 8.48. The fourth-order valence-corrected chi connectivity index (χ4v) is 3.39. The van der Waals surface area contributed by atoms with Crippen LogP contribution >= 0.6 is 0 Å². The lowest BCUT2D eigenvalue weighted by Gasteiger charge is -2.30. The molecule has 1 amide bonds. The van der Waals surface area contributed by atoms with Crippen LogP contribution < -0.4 is 15.0 Å². The summed E-state index contributed by atoms with van der Waals surface area (Å²) < 4.78 is 37.7. The summed E-state index contributed by atoms with van der Waals surface area (Å²) in [6, 6.07) is 10.5. The Bertz CT molecular complexity index is 1040. The number of benzene rings is 2. The molecular formula is C21H20F2N4O3. The summed E-state index contributed by atoms with van der Waals surface area (Å²) in [5.41, 5.74) is 0.607. The van der Waals surface area contributed by atoms with E-state index < -0.39 is 17.6 Å². The number of rotatable bonds is 5. The van der Waals surface area contributed by atoms with Crippen LogP contribution in [0.1, 0.15) is 12.8 Å². The number of anilines is 2. The van der Waals surface area contributed by atoms with E-state index in [9.17, 15) is 13.6 Å². The molecule has 1 aliphatic rings. The van der Waals surface area contributed by atoms with Gasteiger partial charge in [-0.15, -0.1) is 0 Å². The van der Waals surface area contributed by atoms with Gasteiger partial charge in [0, 0.05) is 24.7 Å². The lowest BCUT2D eigenvalue weighted by atomic mass is 9.97. The first-order chi connectivity index (χ1) is 14.5. The lowest BCUT2D eigenvalue weighted by molar-refractivity contribution is -0.120. The van der Waals surface area contributed by atoms with Crippen LogP contribution in [0.4, 0.5) is 20.5 Å². The number of aromatic nitrogens is 2. The van der Waals surface area contributed by atoms with Gasteiger partial charge in [0.1, 0.15) is 17.4 Å². The maximum atomic E-state index is 13.8. The van der Waals surface area contributed by atoms with Crippen molar-refractivity contribution in [2.75, 3.05) is 30.4 Å². The normalized spacial score (nSPS) is 16.4. The predicted octanol–water partition coefficient (Wildman–Crippen LogP) is 3.88. The SMILES string of the molecule is COc1ccc(-c2noc(N3CCC[C@H](C(=O)Nc4cc(F)ccc4F)C3)n2)cc1. The predicted molar refractivity (Wildman–Crippen MR) is 106 cm³/mol. The lowest BCUT2D eigenvalue weighted by Crippen LogP contribution is -2.41. The molecule has 2 heterocycles. The third-order valence-electron chi connectivity index (χ3n) is 5.01. The van der Waals surface area contributed by atoms with Crippen molar-refractivity contribution in [3.8, 4) is 17.1 Å². The second-order valence-electron chi connectivity index (χ2n) is 7.03. The number of piperidine rings is 1. The summed E-state index contributed by atoms with van der Waals surface area (Å²) in [7, 11) is 1.59. The Morgan fingerprint density at radius 1 is 1.23 bits per heavy atom. The van der Waals surface area contributed by atoms with E-state index in [0.29, 0.717) is 31.3 Å². The molecule has 0 radical (unpaired) electrons. The van der Waals surface area contributed by atoms with Crippen LogP contribution in [0.15, 0.2) is 47.0 Å². The van der Waals surface area contributed by atoms with Crippen molar-refractivity contribution in [1.82, 2.24) is 10.1 Å². The van der Waals surface area contributed by atoms with Crippen molar-refractivity contribution in [1.29, 1.82) is 0 Å².